The molecule has 1 aromatic heterocycles. The molecule has 0 saturated carbocycles. The van der Waals surface area contributed by atoms with Crippen LogP contribution in [0.2, 0.25) is 0 Å². The molecule has 0 fully saturated rings. The van der Waals surface area contributed by atoms with E-state index < -0.39 is 0 Å². The van der Waals surface area contributed by atoms with E-state index in [9.17, 15) is 4.79 Å². The molecule has 4 nitrogen and oxygen atoms in total. The maximum atomic E-state index is 11.3. The summed E-state index contributed by atoms with van der Waals surface area (Å²) in [7, 11) is 0. The molecule has 0 aliphatic carbocycles. The van der Waals surface area contributed by atoms with E-state index in [-0.39, 0.29) is 5.91 Å². The van der Waals surface area contributed by atoms with Gasteiger partial charge in [-0.2, -0.15) is 0 Å². The van der Waals surface area contributed by atoms with Crippen LogP contribution in [0.25, 0.3) is 22.6 Å². The Kier molecular flexibility index (Phi) is 3.45. The lowest BCUT2D eigenvalue weighted by Crippen LogP contribution is -2.07. The van der Waals surface area contributed by atoms with Gasteiger partial charge in [0.1, 0.15) is 5.52 Å². The van der Waals surface area contributed by atoms with Crippen molar-refractivity contribution in [1.29, 1.82) is 0 Å². The minimum Gasteiger partial charge on any atom is -0.436 e. The van der Waals surface area contributed by atoms with Gasteiger partial charge in [-0.05, 0) is 55.7 Å². The van der Waals surface area contributed by atoms with Crippen molar-refractivity contribution < 1.29 is 9.21 Å². The fourth-order valence-corrected chi connectivity index (χ4v) is 2.58. The zero-order chi connectivity index (χ0) is 15.9. The first-order chi connectivity index (χ1) is 10.4. The van der Waals surface area contributed by atoms with Gasteiger partial charge in [0.05, 0.1) is 0 Å². The molecule has 4 heteroatoms. The van der Waals surface area contributed by atoms with Crippen LogP contribution in [0.3, 0.4) is 0 Å². The predicted octanol–water partition coefficient (Wildman–Crippen LogP) is 4.38. The minimum absolute atomic E-state index is 0.0933. The summed E-state index contributed by atoms with van der Waals surface area (Å²) in [5, 5.41) is 2.83. The highest BCUT2D eigenvalue weighted by atomic mass is 16.3. The third-order valence-corrected chi connectivity index (χ3v) is 3.62. The molecule has 0 aliphatic rings. The van der Waals surface area contributed by atoms with E-state index in [0.29, 0.717) is 5.89 Å². The van der Waals surface area contributed by atoms with Crippen molar-refractivity contribution >= 4 is 22.7 Å². The quantitative estimate of drug-likeness (QED) is 0.763. The monoisotopic (exact) mass is 294 g/mol. The number of hydrogen-bond donors (Lipinski definition) is 1. The minimum atomic E-state index is -0.0933. The molecule has 3 rings (SSSR count). The second-order valence-corrected chi connectivity index (χ2v) is 5.66. The van der Waals surface area contributed by atoms with Crippen LogP contribution in [0.1, 0.15) is 23.6 Å². The smallest absolute Gasteiger partial charge is 0.227 e. The van der Waals surface area contributed by atoms with Crippen LogP contribution in [-0.2, 0) is 4.79 Å². The van der Waals surface area contributed by atoms with Gasteiger partial charge in [0.2, 0.25) is 11.8 Å². The lowest BCUT2D eigenvalue weighted by Gasteiger charge is -2.07. The number of rotatable bonds is 2. The summed E-state index contributed by atoms with van der Waals surface area (Å²) in [5.41, 5.74) is 6.52. The van der Waals surface area contributed by atoms with Gasteiger partial charge in [0, 0.05) is 18.2 Å². The number of oxazole rings is 1. The predicted molar refractivity (Wildman–Crippen MR) is 88.0 cm³/mol. The highest BCUT2D eigenvalue weighted by molar-refractivity contribution is 5.90. The van der Waals surface area contributed by atoms with Crippen LogP contribution >= 0.6 is 0 Å². The summed E-state index contributed by atoms with van der Waals surface area (Å²) >= 11 is 0. The first kappa shape index (κ1) is 14.3. The van der Waals surface area contributed by atoms with E-state index in [1.54, 1.807) is 0 Å². The molecule has 2 aromatic carbocycles. The number of anilines is 1. The molecule has 0 radical (unpaired) electrons. The van der Waals surface area contributed by atoms with Crippen molar-refractivity contribution in [2.24, 2.45) is 0 Å². The Bertz CT molecular complexity index is 878. The topological polar surface area (TPSA) is 55.1 Å². The molecule has 3 aromatic rings. The second kappa shape index (κ2) is 5.30. The molecule has 1 heterocycles. The Balaban J connectivity index is 2.11. The standard InChI is InChI=1S/C18H18N2O2/c1-10-7-12(3)17-16(8-10)20-18(22-17)14-6-5-11(2)15(9-14)19-13(4)21/h5-9H,1-4H3,(H,19,21). The number of fused-ring (bicyclic) bond motifs is 1. The fourth-order valence-electron chi connectivity index (χ4n) is 2.58. The maximum absolute atomic E-state index is 11.3. The van der Waals surface area contributed by atoms with E-state index >= 15 is 0 Å². The number of benzene rings is 2. The van der Waals surface area contributed by atoms with Gasteiger partial charge in [-0.25, -0.2) is 4.98 Å². The van der Waals surface area contributed by atoms with Gasteiger partial charge >= 0.3 is 0 Å². The Hall–Kier alpha value is -2.62. The van der Waals surface area contributed by atoms with Crippen LogP contribution in [-0.4, -0.2) is 10.9 Å². The number of hydrogen-bond acceptors (Lipinski definition) is 3. The largest absolute Gasteiger partial charge is 0.436 e. The van der Waals surface area contributed by atoms with Gasteiger partial charge in [-0.15, -0.1) is 0 Å². The fraction of sp³-hybridized carbons (Fsp3) is 0.222. The normalized spacial score (nSPS) is 10.9. The Morgan fingerprint density at radius 2 is 1.86 bits per heavy atom. The summed E-state index contributed by atoms with van der Waals surface area (Å²) in [6, 6.07) is 9.89. The van der Waals surface area contributed by atoms with Crippen LogP contribution in [0.4, 0.5) is 5.69 Å². The number of carbonyl (C=O) groups excluding carboxylic acids is 1. The summed E-state index contributed by atoms with van der Waals surface area (Å²) in [5.74, 6) is 0.472. The number of aryl methyl sites for hydroxylation is 3. The Morgan fingerprint density at radius 1 is 1.09 bits per heavy atom. The first-order valence-corrected chi connectivity index (χ1v) is 7.20. The molecule has 112 valence electrons. The van der Waals surface area contributed by atoms with E-state index in [2.05, 4.69) is 16.4 Å². The van der Waals surface area contributed by atoms with Crippen molar-refractivity contribution in [2.75, 3.05) is 5.32 Å². The van der Waals surface area contributed by atoms with Crippen molar-refractivity contribution in [3.8, 4) is 11.5 Å². The average molecular weight is 294 g/mol. The Labute approximate surface area is 129 Å². The molecule has 0 atom stereocenters. The van der Waals surface area contributed by atoms with E-state index in [1.165, 1.54) is 6.92 Å². The molecule has 22 heavy (non-hydrogen) atoms. The van der Waals surface area contributed by atoms with Crippen molar-refractivity contribution in [2.45, 2.75) is 27.7 Å². The lowest BCUT2D eigenvalue weighted by atomic mass is 10.1. The van der Waals surface area contributed by atoms with Crippen molar-refractivity contribution in [1.82, 2.24) is 4.98 Å². The third kappa shape index (κ3) is 2.60. The second-order valence-electron chi connectivity index (χ2n) is 5.66. The Morgan fingerprint density at radius 3 is 2.59 bits per heavy atom. The van der Waals surface area contributed by atoms with Gasteiger partial charge in [0.15, 0.2) is 5.58 Å². The lowest BCUT2D eigenvalue weighted by molar-refractivity contribution is -0.114. The number of nitrogens with zero attached hydrogens (tertiary/aromatic N) is 1. The molecule has 0 spiro atoms. The SMILES string of the molecule is CC(=O)Nc1cc(-c2nc3cc(C)cc(C)c3o2)ccc1C. The van der Waals surface area contributed by atoms with E-state index in [4.69, 9.17) is 4.42 Å². The summed E-state index contributed by atoms with van der Waals surface area (Å²) in [6.45, 7) is 7.51. The zero-order valence-electron chi connectivity index (χ0n) is 13.2. The maximum Gasteiger partial charge on any atom is 0.227 e. The van der Waals surface area contributed by atoms with E-state index in [1.807, 2.05) is 45.0 Å². The van der Waals surface area contributed by atoms with E-state index in [0.717, 1.165) is 39.0 Å². The summed E-state index contributed by atoms with van der Waals surface area (Å²) in [4.78, 5) is 15.9. The molecule has 1 amide bonds. The van der Waals surface area contributed by atoms with Crippen molar-refractivity contribution in [3.63, 3.8) is 0 Å². The molecule has 1 N–H and O–H groups in total. The molecular weight excluding hydrogens is 276 g/mol. The number of amides is 1. The number of nitrogens with one attached hydrogen (secondary N) is 1. The molecule has 0 aliphatic heterocycles. The average Bonchev–Trinajstić information content (AvgIpc) is 2.85. The first-order valence-electron chi connectivity index (χ1n) is 7.20. The third-order valence-electron chi connectivity index (χ3n) is 3.62. The molecule has 0 saturated heterocycles. The zero-order valence-corrected chi connectivity index (χ0v) is 13.2. The van der Waals surface area contributed by atoms with Gasteiger partial charge < -0.3 is 9.73 Å². The summed E-state index contributed by atoms with van der Waals surface area (Å²) < 4.78 is 5.92. The number of carbonyl (C=O) groups is 1. The number of aromatic nitrogens is 1. The van der Waals surface area contributed by atoms with Crippen molar-refractivity contribution in [3.05, 3.63) is 47.0 Å². The van der Waals surface area contributed by atoms with Crippen LogP contribution in [0.5, 0.6) is 0 Å². The van der Waals surface area contributed by atoms with Crippen LogP contribution in [0.15, 0.2) is 34.7 Å². The van der Waals surface area contributed by atoms with Gasteiger partial charge in [-0.1, -0.05) is 12.1 Å². The van der Waals surface area contributed by atoms with Gasteiger partial charge in [0.25, 0.3) is 0 Å². The van der Waals surface area contributed by atoms with Gasteiger partial charge in [-0.3, -0.25) is 4.79 Å². The summed E-state index contributed by atoms with van der Waals surface area (Å²) in [6.07, 6.45) is 0. The van der Waals surface area contributed by atoms with Crippen LogP contribution < -0.4 is 5.32 Å². The van der Waals surface area contributed by atoms with Crippen LogP contribution in [0, 0.1) is 20.8 Å². The molecule has 0 unspecified atom stereocenters. The highest BCUT2D eigenvalue weighted by Crippen LogP contribution is 2.29. The highest BCUT2D eigenvalue weighted by Gasteiger charge is 2.12. The molecular formula is C18H18N2O2. The molecule has 0 bridgehead atoms.